The van der Waals surface area contributed by atoms with Gasteiger partial charge in [0.1, 0.15) is 0 Å². The van der Waals surface area contributed by atoms with Crippen LogP contribution in [0.1, 0.15) is 21.5 Å². The number of aliphatic carboxylic acids is 1. The smallest absolute Gasteiger partial charge is 0.328 e. The van der Waals surface area contributed by atoms with Crippen molar-refractivity contribution in [2.45, 2.75) is 19.9 Å². The molecule has 1 aromatic carbocycles. The highest BCUT2D eigenvalue weighted by molar-refractivity contribution is 5.99. The number of carbonyl (C=O) groups excluding carboxylic acids is 1. The number of carboxylic acid groups (broad SMARTS) is 1. The maximum Gasteiger partial charge on any atom is 0.328 e. The first-order chi connectivity index (χ1) is 8.47. The van der Waals surface area contributed by atoms with Crippen LogP contribution in [0.25, 0.3) is 0 Å². The summed E-state index contributed by atoms with van der Waals surface area (Å²) in [7, 11) is 1.39. The fourth-order valence-electron chi connectivity index (χ4n) is 1.74. The number of hydrogen-bond donors (Lipinski definition) is 2. The van der Waals surface area contributed by atoms with Crippen molar-refractivity contribution in [3.63, 3.8) is 0 Å². The van der Waals surface area contributed by atoms with Gasteiger partial charge in [0.05, 0.1) is 6.61 Å². The molecule has 0 bridgehead atoms. The Labute approximate surface area is 106 Å². The predicted molar refractivity (Wildman–Crippen MR) is 66.7 cm³/mol. The Hall–Kier alpha value is -1.88. The van der Waals surface area contributed by atoms with Gasteiger partial charge in [-0.15, -0.1) is 0 Å². The van der Waals surface area contributed by atoms with E-state index in [1.807, 2.05) is 32.0 Å². The van der Waals surface area contributed by atoms with Crippen molar-refractivity contribution in [1.29, 1.82) is 0 Å². The van der Waals surface area contributed by atoms with Crippen molar-refractivity contribution in [2.75, 3.05) is 13.7 Å². The fraction of sp³-hybridized carbons (Fsp3) is 0.385. The van der Waals surface area contributed by atoms with E-state index in [0.717, 1.165) is 11.1 Å². The summed E-state index contributed by atoms with van der Waals surface area (Å²) in [5, 5.41) is 11.4. The number of aryl methyl sites for hydroxylation is 2. The highest BCUT2D eigenvalue weighted by atomic mass is 16.5. The summed E-state index contributed by atoms with van der Waals surface area (Å²) in [5.74, 6) is -1.51. The molecule has 1 aromatic rings. The first-order valence-electron chi connectivity index (χ1n) is 5.56. The molecule has 18 heavy (non-hydrogen) atoms. The van der Waals surface area contributed by atoms with Crippen molar-refractivity contribution in [1.82, 2.24) is 5.32 Å². The molecule has 0 radical (unpaired) electrons. The fourth-order valence-corrected chi connectivity index (χ4v) is 1.74. The van der Waals surface area contributed by atoms with E-state index in [2.05, 4.69) is 5.32 Å². The zero-order chi connectivity index (χ0) is 13.7. The van der Waals surface area contributed by atoms with Gasteiger partial charge in [-0.2, -0.15) is 0 Å². The number of ether oxygens (including phenoxy) is 1. The maximum atomic E-state index is 12.0. The monoisotopic (exact) mass is 251 g/mol. The molecular weight excluding hydrogens is 234 g/mol. The van der Waals surface area contributed by atoms with Crippen LogP contribution >= 0.6 is 0 Å². The van der Waals surface area contributed by atoms with E-state index in [1.54, 1.807) is 0 Å². The molecule has 98 valence electrons. The van der Waals surface area contributed by atoms with Crippen LogP contribution in [0.3, 0.4) is 0 Å². The van der Waals surface area contributed by atoms with Crippen LogP contribution in [-0.4, -0.2) is 36.7 Å². The van der Waals surface area contributed by atoms with Gasteiger partial charge in [0.15, 0.2) is 6.04 Å². The summed E-state index contributed by atoms with van der Waals surface area (Å²) in [5.41, 5.74) is 2.14. The molecular formula is C13H17NO4. The normalized spacial score (nSPS) is 11.9. The summed E-state index contributed by atoms with van der Waals surface area (Å²) < 4.78 is 4.77. The van der Waals surface area contributed by atoms with Gasteiger partial charge in [0.25, 0.3) is 5.91 Å². The van der Waals surface area contributed by atoms with Gasteiger partial charge in [0, 0.05) is 12.7 Å². The van der Waals surface area contributed by atoms with Crippen LogP contribution in [0.4, 0.5) is 0 Å². The van der Waals surface area contributed by atoms with E-state index in [4.69, 9.17) is 9.84 Å². The Morgan fingerprint density at radius 1 is 1.33 bits per heavy atom. The summed E-state index contributed by atoms with van der Waals surface area (Å²) in [6.07, 6.45) is 0. The quantitative estimate of drug-likeness (QED) is 0.822. The molecule has 0 heterocycles. The van der Waals surface area contributed by atoms with E-state index in [9.17, 15) is 9.59 Å². The molecule has 5 heteroatoms. The summed E-state index contributed by atoms with van der Waals surface area (Å²) >= 11 is 0. The molecule has 0 aliphatic rings. The Kier molecular flexibility index (Phi) is 4.85. The molecule has 1 amide bonds. The van der Waals surface area contributed by atoms with Crippen LogP contribution in [0.5, 0.6) is 0 Å². The number of nitrogens with one attached hydrogen (secondary N) is 1. The third-order valence-electron chi connectivity index (χ3n) is 2.64. The van der Waals surface area contributed by atoms with Gasteiger partial charge in [-0.3, -0.25) is 4.79 Å². The number of carbonyl (C=O) groups is 2. The van der Waals surface area contributed by atoms with Crippen LogP contribution < -0.4 is 5.32 Å². The Bertz CT molecular complexity index is 436. The number of rotatable bonds is 5. The summed E-state index contributed by atoms with van der Waals surface area (Å²) in [6, 6.07) is 4.44. The zero-order valence-corrected chi connectivity index (χ0v) is 10.7. The second-order valence-electron chi connectivity index (χ2n) is 4.09. The molecule has 0 saturated carbocycles. The molecule has 0 fully saturated rings. The first kappa shape index (κ1) is 14.2. The van der Waals surface area contributed by atoms with Gasteiger partial charge in [-0.25, -0.2) is 4.79 Å². The average Bonchev–Trinajstić information content (AvgIpc) is 2.28. The predicted octanol–water partition coefficient (Wildman–Crippen LogP) is 1.13. The van der Waals surface area contributed by atoms with Crippen molar-refractivity contribution in [3.8, 4) is 0 Å². The van der Waals surface area contributed by atoms with E-state index in [1.165, 1.54) is 7.11 Å². The number of amides is 1. The molecule has 0 aliphatic carbocycles. The zero-order valence-electron chi connectivity index (χ0n) is 10.7. The molecule has 0 spiro atoms. The van der Waals surface area contributed by atoms with E-state index in [0.29, 0.717) is 5.56 Å². The van der Waals surface area contributed by atoms with Crippen molar-refractivity contribution in [2.24, 2.45) is 0 Å². The number of methoxy groups -OCH3 is 1. The Morgan fingerprint density at radius 2 is 1.89 bits per heavy atom. The molecule has 0 saturated heterocycles. The van der Waals surface area contributed by atoms with Gasteiger partial charge in [-0.1, -0.05) is 18.2 Å². The van der Waals surface area contributed by atoms with E-state index < -0.39 is 17.9 Å². The number of carboxylic acids is 1. The summed E-state index contributed by atoms with van der Waals surface area (Å²) in [4.78, 5) is 23.0. The first-order valence-corrected chi connectivity index (χ1v) is 5.56. The highest BCUT2D eigenvalue weighted by Gasteiger charge is 2.22. The summed E-state index contributed by atoms with van der Waals surface area (Å²) in [6.45, 7) is 3.56. The lowest BCUT2D eigenvalue weighted by Crippen LogP contribution is -2.44. The molecule has 1 atom stereocenters. The lowest BCUT2D eigenvalue weighted by atomic mass is 10.0. The number of benzene rings is 1. The van der Waals surface area contributed by atoms with Crippen molar-refractivity contribution in [3.05, 3.63) is 34.9 Å². The molecule has 0 aliphatic heterocycles. The van der Waals surface area contributed by atoms with Gasteiger partial charge >= 0.3 is 5.97 Å². The maximum absolute atomic E-state index is 12.0. The van der Waals surface area contributed by atoms with E-state index >= 15 is 0 Å². The van der Waals surface area contributed by atoms with Crippen LogP contribution in [-0.2, 0) is 9.53 Å². The SMILES string of the molecule is COCC(NC(=O)c1c(C)cccc1C)C(=O)O. The minimum atomic E-state index is -1.11. The van der Waals surface area contributed by atoms with Crippen LogP contribution in [0, 0.1) is 13.8 Å². The average molecular weight is 251 g/mol. The van der Waals surface area contributed by atoms with Crippen LogP contribution in [0.15, 0.2) is 18.2 Å². The molecule has 5 nitrogen and oxygen atoms in total. The van der Waals surface area contributed by atoms with Crippen molar-refractivity contribution >= 4 is 11.9 Å². The van der Waals surface area contributed by atoms with Gasteiger partial charge < -0.3 is 15.2 Å². The molecule has 2 N–H and O–H groups in total. The Morgan fingerprint density at radius 3 is 2.33 bits per heavy atom. The Balaban J connectivity index is 2.90. The highest BCUT2D eigenvalue weighted by Crippen LogP contribution is 2.13. The standard InChI is InChI=1S/C13H17NO4/c1-8-5-4-6-9(2)11(8)12(15)14-10(7-18-3)13(16)17/h4-6,10H,7H2,1-3H3,(H,14,15)(H,16,17). The van der Waals surface area contributed by atoms with Gasteiger partial charge in [-0.05, 0) is 25.0 Å². The lowest BCUT2D eigenvalue weighted by molar-refractivity contribution is -0.140. The third kappa shape index (κ3) is 3.30. The number of hydrogen-bond acceptors (Lipinski definition) is 3. The second-order valence-corrected chi connectivity index (χ2v) is 4.09. The minimum absolute atomic E-state index is 0.0635. The molecule has 1 rings (SSSR count). The molecule has 0 aromatic heterocycles. The van der Waals surface area contributed by atoms with E-state index in [-0.39, 0.29) is 6.61 Å². The van der Waals surface area contributed by atoms with Crippen molar-refractivity contribution < 1.29 is 19.4 Å². The third-order valence-corrected chi connectivity index (χ3v) is 2.64. The minimum Gasteiger partial charge on any atom is -0.480 e. The van der Waals surface area contributed by atoms with Gasteiger partial charge in [0.2, 0.25) is 0 Å². The lowest BCUT2D eigenvalue weighted by Gasteiger charge is -2.15. The topological polar surface area (TPSA) is 75.6 Å². The second kappa shape index (κ2) is 6.16. The molecule has 1 unspecified atom stereocenters. The van der Waals surface area contributed by atoms with Crippen LogP contribution in [0.2, 0.25) is 0 Å². The largest absolute Gasteiger partial charge is 0.480 e.